The Morgan fingerprint density at radius 3 is 2.71 bits per heavy atom. The smallest absolute Gasteiger partial charge is 0.138 e. The van der Waals surface area contributed by atoms with E-state index in [0.29, 0.717) is 6.04 Å². The summed E-state index contributed by atoms with van der Waals surface area (Å²) >= 11 is 1.85. The second-order valence-corrected chi connectivity index (χ2v) is 4.45. The Morgan fingerprint density at radius 1 is 1.50 bits per heavy atom. The highest BCUT2D eigenvalue weighted by atomic mass is 32.2. The minimum Gasteiger partial charge on any atom is -0.361 e. The monoisotopic (exact) mass is 214 g/mol. The van der Waals surface area contributed by atoms with Crippen LogP contribution < -0.4 is 5.32 Å². The van der Waals surface area contributed by atoms with Gasteiger partial charge in [-0.2, -0.15) is 11.8 Å². The summed E-state index contributed by atoms with van der Waals surface area (Å²) < 4.78 is 5.09. The molecule has 0 radical (unpaired) electrons. The van der Waals surface area contributed by atoms with E-state index < -0.39 is 0 Å². The van der Waals surface area contributed by atoms with Crippen LogP contribution >= 0.6 is 11.8 Å². The first-order valence-corrected chi connectivity index (χ1v) is 6.18. The highest BCUT2D eigenvalue weighted by molar-refractivity contribution is 7.98. The lowest BCUT2D eigenvalue weighted by Crippen LogP contribution is -2.27. The van der Waals surface area contributed by atoms with Crippen LogP contribution in [0.2, 0.25) is 0 Å². The number of rotatable bonds is 5. The van der Waals surface area contributed by atoms with E-state index in [1.165, 1.54) is 5.56 Å². The fraction of sp³-hybridized carbons (Fsp3) is 0.700. The standard InChI is InChI=1S/C10H18N2OS/c1-7(6-14-4)11-5-10-8(2)12-13-9(10)3/h7,11H,5-6H2,1-4H3. The van der Waals surface area contributed by atoms with Crippen LogP contribution in [0, 0.1) is 13.8 Å². The highest BCUT2D eigenvalue weighted by Gasteiger charge is 2.09. The lowest BCUT2D eigenvalue weighted by Gasteiger charge is -2.11. The molecule has 14 heavy (non-hydrogen) atoms. The first-order valence-electron chi connectivity index (χ1n) is 4.79. The maximum Gasteiger partial charge on any atom is 0.138 e. The number of nitrogens with one attached hydrogen (secondary N) is 1. The fourth-order valence-corrected chi connectivity index (χ4v) is 1.96. The van der Waals surface area contributed by atoms with Gasteiger partial charge < -0.3 is 9.84 Å². The Bertz CT molecular complexity index is 266. The SMILES string of the molecule is CSCC(C)NCc1c(C)noc1C. The van der Waals surface area contributed by atoms with Crippen LogP contribution in [0.3, 0.4) is 0 Å². The molecule has 1 atom stereocenters. The molecule has 0 aliphatic heterocycles. The molecule has 1 unspecified atom stereocenters. The molecule has 0 aliphatic rings. The summed E-state index contributed by atoms with van der Waals surface area (Å²) in [6, 6.07) is 0.527. The summed E-state index contributed by atoms with van der Waals surface area (Å²) in [6.07, 6.45) is 2.12. The molecule has 0 aliphatic carbocycles. The summed E-state index contributed by atoms with van der Waals surface area (Å²) in [5.74, 6) is 2.05. The minimum atomic E-state index is 0.527. The zero-order chi connectivity index (χ0) is 10.6. The van der Waals surface area contributed by atoms with Gasteiger partial charge in [0.2, 0.25) is 0 Å². The van der Waals surface area contributed by atoms with Crippen molar-refractivity contribution in [3.63, 3.8) is 0 Å². The average Bonchev–Trinajstić information content (AvgIpc) is 2.44. The van der Waals surface area contributed by atoms with Gasteiger partial charge in [0, 0.05) is 23.9 Å². The molecule has 0 saturated carbocycles. The quantitative estimate of drug-likeness (QED) is 0.815. The van der Waals surface area contributed by atoms with Crippen LogP contribution in [0.25, 0.3) is 0 Å². The van der Waals surface area contributed by atoms with Crippen molar-refractivity contribution >= 4 is 11.8 Å². The molecule has 0 saturated heterocycles. The summed E-state index contributed by atoms with van der Waals surface area (Å²) in [5, 5.41) is 7.37. The first kappa shape index (κ1) is 11.6. The number of nitrogens with zero attached hydrogens (tertiary/aromatic N) is 1. The third-order valence-electron chi connectivity index (χ3n) is 2.23. The number of aryl methyl sites for hydroxylation is 2. The number of hydrogen-bond donors (Lipinski definition) is 1. The van der Waals surface area contributed by atoms with Crippen molar-refractivity contribution in [1.29, 1.82) is 0 Å². The molecule has 1 rings (SSSR count). The second kappa shape index (κ2) is 5.41. The summed E-state index contributed by atoms with van der Waals surface area (Å²) in [4.78, 5) is 0. The molecule has 0 fully saturated rings. The van der Waals surface area contributed by atoms with Gasteiger partial charge >= 0.3 is 0 Å². The van der Waals surface area contributed by atoms with Gasteiger partial charge in [-0.25, -0.2) is 0 Å². The maximum absolute atomic E-state index is 5.09. The lowest BCUT2D eigenvalue weighted by atomic mass is 10.2. The normalized spacial score (nSPS) is 13.1. The largest absolute Gasteiger partial charge is 0.361 e. The predicted molar refractivity (Wildman–Crippen MR) is 60.7 cm³/mol. The topological polar surface area (TPSA) is 38.1 Å². The fourth-order valence-electron chi connectivity index (χ4n) is 1.34. The molecule has 0 amide bonds. The number of thioether (sulfide) groups is 1. The van der Waals surface area contributed by atoms with Gasteiger partial charge in [-0.1, -0.05) is 5.16 Å². The summed E-state index contributed by atoms with van der Waals surface area (Å²) in [6.45, 7) is 6.97. The molecule has 80 valence electrons. The van der Waals surface area contributed by atoms with Gasteiger partial charge in [0.15, 0.2) is 0 Å². The van der Waals surface area contributed by atoms with Crippen molar-refractivity contribution in [2.24, 2.45) is 0 Å². The van der Waals surface area contributed by atoms with Gasteiger partial charge in [0.05, 0.1) is 5.69 Å². The summed E-state index contributed by atoms with van der Waals surface area (Å²) in [7, 11) is 0. The van der Waals surface area contributed by atoms with Crippen LogP contribution in [-0.4, -0.2) is 23.2 Å². The molecular weight excluding hydrogens is 196 g/mol. The Labute approximate surface area is 89.6 Å². The van der Waals surface area contributed by atoms with Crippen LogP contribution in [-0.2, 0) is 6.54 Å². The van der Waals surface area contributed by atoms with Crippen molar-refractivity contribution in [2.75, 3.05) is 12.0 Å². The Morgan fingerprint density at radius 2 is 2.21 bits per heavy atom. The summed E-state index contributed by atoms with van der Waals surface area (Å²) in [5.41, 5.74) is 2.18. The molecule has 3 nitrogen and oxygen atoms in total. The molecule has 1 aromatic heterocycles. The van der Waals surface area contributed by atoms with E-state index in [1.54, 1.807) is 0 Å². The highest BCUT2D eigenvalue weighted by Crippen LogP contribution is 2.11. The van der Waals surface area contributed by atoms with Gasteiger partial charge in [-0.15, -0.1) is 0 Å². The van der Waals surface area contributed by atoms with Crippen molar-refractivity contribution < 1.29 is 4.52 Å². The van der Waals surface area contributed by atoms with Crippen LogP contribution in [0.4, 0.5) is 0 Å². The first-order chi connectivity index (χ1) is 6.65. The van der Waals surface area contributed by atoms with Crippen LogP contribution in [0.15, 0.2) is 4.52 Å². The maximum atomic E-state index is 5.09. The molecule has 1 heterocycles. The van der Waals surface area contributed by atoms with Gasteiger partial charge in [0.1, 0.15) is 5.76 Å². The molecule has 0 spiro atoms. The van der Waals surface area contributed by atoms with Gasteiger partial charge in [-0.3, -0.25) is 0 Å². The average molecular weight is 214 g/mol. The molecule has 0 aromatic carbocycles. The van der Waals surface area contributed by atoms with Crippen molar-refractivity contribution in [2.45, 2.75) is 33.4 Å². The van der Waals surface area contributed by atoms with Crippen molar-refractivity contribution in [1.82, 2.24) is 10.5 Å². The van der Waals surface area contributed by atoms with Crippen molar-refractivity contribution in [3.8, 4) is 0 Å². The number of aromatic nitrogens is 1. The molecular formula is C10H18N2OS. The van der Waals surface area contributed by atoms with E-state index in [2.05, 4.69) is 23.7 Å². The molecule has 1 aromatic rings. The predicted octanol–water partition coefficient (Wildman–Crippen LogP) is 2.13. The van der Waals surface area contributed by atoms with E-state index in [4.69, 9.17) is 4.52 Å². The van der Waals surface area contributed by atoms with Crippen LogP contribution in [0.5, 0.6) is 0 Å². The third kappa shape index (κ3) is 3.03. The van der Waals surface area contributed by atoms with Crippen molar-refractivity contribution in [3.05, 3.63) is 17.0 Å². The van der Waals surface area contributed by atoms with Gasteiger partial charge in [0.25, 0.3) is 0 Å². The molecule has 1 N–H and O–H groups in total. The van der Waals surface area contributed by atoms with E-state index in [-0.39, 0.29) is 0 Å². The second-order valence-electron chi connectivity index (χ2n) is 3.54. The van der Waals surface area contributed by atoms with E-state index in [0.717, 1.165) is 23.8 Å². The Kier molecular flexibility index (Phi) is 4.48. The lowest BCUT2D eigenvalue weighted by molar-refractivity contribution is 0.391. The number of hydrogen-bond acceptors (Lipinski definition) is 4. The van der Waals surface area contributed by atoms with E-state index in [9.17, 15) is 0 Å². The van der Waals surface area contributed by atoms with E-state index >= 15 is 0 Å². The molecule has 4 heteroatoms. The minimum absolute atomic E-state index is 0.527. The third-order valence-corrected chi connectivity index (χ3v) is 3.06. The van der Waals surface area contributed by atoms with Gasteiger partial charge in [-0.05, 0) is 27.0 Å². The Hall–Kier alpha value is -0.480. The molecule has 0 bridgehead atoms. The van der Waals surface area contributed by atoms with Crippen LogP contribution in [0.1, 0.15) is 23.9 Å². The zero-order valence-electron chi connectivity index (χ0n) is 9.26. The Balaban J connectivity index is 2.45. The zero-order valence-corrected chi connectivity index (χ0v) is 10.1. The van der Waals surface area contributed by atoms with E-state index in [1.807, 2.05) is 25.6 Å².